The number of rotatable bonds is 6. The highest BCUT2D eigenvalue weighted by atomic mass is 32.1. The number of hydrogen-bond acceptors (Lipinski definition) is 3. The number of thiophene rings is 1. The summed E-state index contributed by atoms with van der Waals surface area (Å²) in [6.07, 6.45) is 1.06. The number of hydrogen-bond donors (Lipinski definition) is 2. The van der Waals surface area contributed by atoms with Crippen LogP contribution in [0.15, 0.2) is 41.8 Å². The van der Waals surface area contributed by atoms with Gasteiger partial charge in [-0.25, -0.2) is 4.39 Å². The molecule has 2 aromatic rings. The van der Waals surface area contributed by atoms with Crippen LogP contribution >= 0.6 is 11.3 Å². The molecule has 1 aromatic carbocycles. The molecule has 5 heteroatoms. The summed E-state index contributed by atoms with van der Waals surface area (Å²) < 4.78 is 13.0. The quantitative estimate of drug-likeness (QED) is 0.860. The van der Waals surface area contributed by atoms with Gasteiger partial charge in [-0.1, -0.05) is 18.2 Å². The van der Waals surface area contributed by atoms with Crippen LogP contribution in [0.1, 0.15) is 29.3 Å². The van der Waals surface area contributed by atoms with Gasteiger partial charge in [0, 0.05) is 11.3 Å². The largest absolute Gasteiger partial charge is 0.344 e. The molecular formula is C15H17FN2OS. The van der Waals surface area contributed by atoms with Gasteiger partial charge in [-0.15, -0.1) is 11.3 Å². The predicted molar refractivity (Wildman–Crippen MR) is 79.0 cm³/mol. The molecular weight excluding hydrogens is 275 g/mol. The highest BCUT2D eigenvalue weighted by Crippen LogP contribution is 2.26. The lowest BCUT2D eigenvalue weighted by Gasteiger charge is -2.18. The first-order chi connectivity index (χ1) is 9.70. The summed E-state index contributed by atoms with van der Waals surface area (Å²) in [4.78, 5) is 12.9. The first kappa shape index (κ1) is 14.7. The van der Waals surface area contributed by atoms with Gasteiger partial charge in [0.2, 0.25) is 5.91 Å². The maximum atomic E-state index is 13.0. The van der Waals surface area contributed by atoms with Gasteiger partial charge in [0.1, 0.15) is 5.82 Å². The van der Waals surface area contributed by atoms with E-state index in [0.29, 0.717) is 19.4 Å². The van der Waals surface area contributed by atoms with Crippen molar-refractivity contribution in [3.63, 3.8) is 0 Å². The molecule has 0 aliphatic carbocycles. The summed E-state index contributed by atoms with van der Waals surface area (Å²) in [5, 5.41) is 4.94. The molecule has 0 fully saturated rings. The summed E-state index contributed by atoms with van der Waals surface area (Å²) in [5.74, 6) is -0.327. The van der Waals surface area contributed by atoms with Gasteiger partial charge < -0.3 is 11.1 Å². The monoisotopic (exact) mass is 292 g/mol. The Hall–Kier alpha value is -1.72. The number of carbonyl (C=O) groups is 1. The average molecular weight is 292 g/mol. The van der Waals surface area contributed by atoms with Crippen molar-refractivity contribution in [2.45, 2.75) is 18.9 Å². The van der Waals surface area contributed by atoms with E-state index >= 15 is 0 Å². The van der Waals surface area contributed by atoms with Crippen molar-refractivity contribution in [3.8, 4) is 0 Å². The Morgan fingerprint density at radius 2 is 2.05 bits per heavy atom. The van der Waals surface area contributed by atoms with Crippen LogP contribution in [0.4, 0.5) is 4.39 Å². The van der Waals surface area contributed by atoms with Gasteiger partial charge in [-0.05, 0) is 42.1 Å². The van der Waals surface area contributed by atoms with Crippen molar-refractivity contribution < 1.29 is 9.18 Å². The third-order valence-corrected chi connectivity index (χ3v) is 3.88. The van der Waals surface area contributed by atoms with Gasteiger partial charge in [0.05, 0.1) is 6.04 Å². The molecule has 1 heterocycles. The van der Waals surface area contributed by atoms with Crippen LogP contribution < -0.4 is 11.1 Å². The molecule has 0 saturated heterocycles. The van der Waals surface area contributed by atoms with Crippen molar-refractivity contribution >= 4 is 17.2 Å². The van der Waals surface area contributed by atoms with Crippen LogP contribution in [-0.2, 0) is 4.79 Å². The van der Waals surface area contributed by atoms with Gasteiger partial charge >= 0.3 is 0 Å². The number of nitrogens with one attached hydrogen (secondary N) is 1. The van der Waals surface area contributed by atoms with Crippen molar-refractivity contribution in [1.29, 1.82) is 0 Å². The van der Waals surface area contributed by atoms with E-state index in [1.165, 1.54) is 12.1 Å². The minimum atomic E-state index is -0.284. The molecule has 0 aliphatic rings. The Morgan fingerprint density at radius 3 is 2.65 bits per heavy atom. The Bertz CT molecular complexity index is 540. The molecule has 0 spiro atoms. The molecule has 20 heavy (non-hydrogen) atoms. The number of amides is 1. The fraction of sp³-hybridized carbons (Fsp3) is 0.267. The third-order valence-electron chi connectivity index (χ3n) is 2.94. The minimum absolute atomic E-state index is 0.0434. The Kier molecular flexibility index (Phi) is 5.26. The summed E-state index contributed by atoms with van der Waals surface area (Å²) >= 11 is 1.56. The van der Waals surface area contributed by atoms with Gasteiger partial charge in [0.15, 0.2) is 0 Å². The van der Waals surface area contributed by atoms with Crippen LogP contribution in [-0.4, -0.2) is 12.5 Å². The lowest BCUT2D eigenvalue weighted by atomic mass is 10.0. The fourth-order valence-electron chi connectivity index (χ4n) is 1.93. The lowest BCUT2D eigenvalue weighted by molar-refractivity contribution is -0.121. The molecule has 0 saturated carbocycles. The zero-order valence-corrected chi connectivity index (χ0v) is 11.8. The predicted octanol–water partition coefficient (Wildman–Crippen LogP) is 2.83. The standard InChI is InChI=1S/C15H17FN2OS/c16-12-7-5-11(6-8-12)15(13-3-2-10-20-13)18-14(19)4-1-9-17/h2-3,5-8,10,15H,1,4,9,17H2,(H,18,19). The van der Waals surface area contributed by atoms with E-state index in [4.69, 9.17) is 5.73 Å². The molecule has 1 atom stereocenters. The first-order valence-electron chi connectivity index (χ1n) is 6.49. The smallest absolute Gasteiger partial charge is 0.220 e. The Labute approximate surface area is 121 Å². The van der Waals surface area contributed by atoms with Crippen molar-refractivity contribution in [3.05, 3.63) is 58.0 Å². The zero-order valence-electron chi connectivity index (χ0n) is 11.0. The fourth-order valence-corrected chi connectivity index (χ4v) is 2.73. The number of benzene rings is 1. The highest BCUT2D eigenvalue weighted by molar-refractivity contribution is 7.10. The van der Waals surface area contributed by atoms with E-state index in [0.717, 1.165) is 10.4 Å². The Balaban J connectivity index is 2.17. The first-order valence-corrected chi connectivity index (χ1v) is 7.37. The van der Waals surface area contributed by atoms with Crippen LogP contribution in [0.2, 0.25) is 0 Å². The van der Waals surface area contributed by atoms with Crippen LogP contribution in [0.5, 0.6) is 0 Å². The second kappa shape index (κ2) is 7.17. The maximum absolute atomic E-state index is 13.0. The zero-order chi connectivity index (χ0) is 14.4. The third kappa shape index (κ3) is 3.88. The SMILES string of the molecule is NCCCC(=O)NC(c1ccc(F)cc1)c1cccs1. The molecule has 1 aromatic heterocycles. The second-order valence-corrected chi connectivity index (χ2v) is 5.44. The summed E-state index contributed by atoms with van der Waals surface area (Å²) in [7, 11) is 0. The molecule has 1 unspecified atom stereocenters. The van der Waals surface area contributed by atoms with Crippen molar-refractivity contribution in [2.24, 2.45) is 5.73 Å². The maximum Gasteiger partial charge on any atom is 0.220 e. The molecule has 106 valence electrons. The summed E-state index contributed by atoms with van der Waals surface area (Å²) in [6, 6.07) is 9.86. The molecule has 0 aliphatic heterocycles. The molecule has 2 rings (SSSR count). The van der Waals surface area contributed by atoms with E-state index in [2.05, 4.69) is 5.32 Å². The van der Waals surface area contributed by atoms with E-state index < -0.39 is 0 Å². The summed E-state index contributed by atoms with van der Waals surface area (Å²) in [5.41, 5.74) is 6.28. The van der Waals surface area contributed by atoms with E-state index in [1.807, 2.05) is 17.5 Å². The minimum Gasteiger partial charge on any atom is -0.344 e. The molecule has 1 amide bonds. The highest BCUT2D eigenvalue weighted by Gasteiger charge is 2.17. The van der Waals surface area contributed by atoms with E-state index in [1.54, 1.807) is 23.5 Å². The van der Waals surface area contributed by atoms with Crippen LogP contribution in [0.3, 0.4) is 0 Å². The van der Waals surface area contributed by atoms with E-state index in [9.17, 15) is 9.18 Å². The van der Waals surface area contributed by atoms with Crippen LogP contribution in [0.25, 0.3) is 0 Å². The molecule has 3 N–H and O–H groups in total. The number of carbonyl (C=O) groups excluding carboxylic acids is 1. The normalized spacial score (nSPS) is 12.1. The average Bonchev–Trinajstić information content (AvgIpc) is 2.97. The lowest BCUT2D eigenvalue weighted by Crippen LogP contribution is -2.29. The Morgan fingerprint density at radius 1 is 1.30 bits per heavy atom. The molecule has 0 bridgehead atoms. The van der Waals surface area contributed by atoms with Gasteiger partial charge in [-0.3, -0.25) is 4.79 Å². The molecule has 3 nitrogen and oxygen atoms in total. The van der Waals surface area contributed by atoms with E-state index in [-0.39, 0.29) is 17.8 Å². The molecule has 0 radical (unpaired) electrons. The number of nitrogens with two attached hydrogens (primary N) is 1. The number of halogens is 1. The van der Waals surface area contributed by atoms with Crippen molar-refractivity contribution in [1.82, 2.24) is 5.32 Å². The van der Waals surface area contributed by atoms with Crippen molar-refractivity contribution in [2.75, 3.05) is 6.54 Å². The topological polar surface area (TPSA) is 55.1 Å². The van der Waals surface area contributed by atoms with Gasteiger partial charge in [-0.2, -0.15) is 0 Å². The summed E-state index contributed by atoms with van der Waals surface area (Å²) in [6.45, 7) is 0.494. The van der Waals surface area contributed by atoms with Crippen LogP contribution in [0, 0.1) is 5.82 Å². The second-order valence-electron chi connectivity index (χ2n) is 4.46. The van der Waals surface area contributed by atoms with Gasteiger partial charge in [0.25, 0.3) is 0 Å².